The van der Waals surface area contributed by atoms with Crippen molar-refractivity contribution in [3.8, 4) is 0 Å². The molecule has 0 unspecified atom stereocenters. The third-order valence-electron chi connectivity index (χ3n) is 2.73. The average Bonchev–Trinajstić information content (AvgIpc) is 2.76. The number of nitrogens with one attached hydrogen (secondary N) is 2. The average molecular weight is 216 g/mol. The van der Waals surface area contributed by atoms with Gasteiger partial charge in [0, 0.05) is 25.2 Å². The van der Waals surface area contributed by atoms with Crippen LogP contribution in [0.1, 0.15) is 27.9 Å². The largest absolute Gasteiger partial charge is 0.352 e. The maximum absolute atomic E-state index is 11.8. The second-order valence-corrected chi connectivity index (χ2v) is 3.92. The van der Waals surface area contributed by atoms with Gasteiger partial charge in [0.25, 0.3) is 5.91 Å². The van der Waals surface area contributed by atoms with Crippen molar-refractivity contribution >= 4 is 5.91 Å². The molecule has 1 amide bonds. The maximum Gasteiger partial charge on any atom is 0.251 e. The number of fused-ring (bicyclic) bond motifs is 1. The maximum atomic E-state index is 11.8. The standard InChI is InChI=1S/C13H16N2O/c1-2-3-6-15-13(16)10-4-5-11-8-14-9-12(11)7-10/h2,4-5,7,14H,1,3,6,8-9H2,(H,15,16). The lowest BCUT2D eigenvalue weighted by molar-refractivity contribution is 0.0954. The lowest BCUT2D eigenvalue weighted by Gasteiger charge is -2.05. The third kappa shape index (κ3) is 2.31. The quantitative estimate of drug-likeness (QED) is 0.593. The Morgan fingerprint density at radius 1 is 1.44 bits per heavy atom. The zero-order valence-corrected chi connectivity index (χ0v) is 9.25. The number of rotatable bonds is 4. The van der Waals surface area contributed by atoms with E-state index in [9.17, 15) is 4.79 Å². The minimum Gasteiger partial charge on any atom is -0.352 e. The number of carbonyl (C=O) groups excluding carboxylic acids is 1. The molecule has 3 nitrogen and oxygen atoms in total. The number of amides is 1. The lowest BCUT2D eigenvalue weighted by Crippen LogP contribution is -2.24. The zero-order chi connectivity index (χ0) is 11.4. The Hall–Kier alpha value is -1.61. The summed E-state index contributed by atoms with van der Waals surface area (Å²) in [5.41, 5.74) is 3.27. The smallest absolute Gasteiger partial charge is 0.251 e. The highest BCUT2D eigenvalue weighted by Gasteiger charge is 2.12. The van der Waals surface area contributed by atoms with Crippen molar-refractivity contribution in [1.29, 1.82) is 0 Å². The molecule has 1 aromatic carbocycles. The van der Waals surface area contributed by atoms with E-state index in [0.717, 1.165) is 25.1 Å². The number of hydrogen-bond donors (Lipinski definition) is 2. The number of benzene rings is 1. The molecule has 1 aromatic rings. The second-order valence-electron chi connectivity index (χ2n) is 3.92. The van der Waals surface area contributed by atoms with Gasteiger partial charge < -0.3 is 10.6 Å². The molecule has 0 fully saturated rings. The molecule has 0 spiro atoms. The van der Waals surface area contributed by atoms with Crippen LogP contribution in [0.3, 0.4) is 0 Å². The van der Waals surface area contributed by atoms with E-state index in [1.165, 1.54) is 11.1 Å². The minimum absolute atomic E-state index is 0.00319. The van der Waals surface area contributed by atoms with Crippen LogP contribution in [0.4, 0.5) is 0 Å². The van der Waals surface area contributed by atoms with Gasteiger partial charge in [0.1, 0.15) is 0 Å². The first-order valence-corrected chi connectivity index (χ1v) is 5.53. The van der Waals surface area contributed by atoms with E-state index >= 15 is 0 Å². The van der Waals surface area contributed by atoms with Crippen LogP contribution in [-0.4, -0.2) is 12.5 Å². The van der Waals surface area contributed by atoms with Crippen molar-refractivity contribution < 1.29 is 4.79 Å². The Morgan fingerprint density at radius 2 is 2.25 bits per heavy atom. The summed E-state index contributed by atoms with van der Waals surface area (Å²) in [6.45, 7) is 6.04. The molecule has 1 heterocycles. The minimum atomic E-state index is -0.00319. The van der Waals surface area contributed by atoms with Gasteiger partial charge in [0.05, 0.1) is 0 Å². The van der Waals surface area contributed by atoms with Gasteiger partial charge in [-0.15, -0.1) is 6.58 Å². The molecule has 2 rings (SSSR count). The summed E-state index contributed by atoms with van der Waals surface area (Å²) in [5.74, 6) is -0.00319. The first-order chi connectivity index (χ1) is 7.81. The van der Waals surface area contributed by atoms with Crippen molar-refractivity contribution in [3.05, 3.63) is 47.5 Å². The van der Waals surface area contributed by atoms with Crippen LogP contribution in [-0.2, 0) is 13.1 Å². The summed E-state index contributed by atoms with van der Waals surface area (Å²) in [4.78, 5) is 11.8. The van der Waals surface area contributed by atoms with E-state index in [4.69, 9.17) is 0 Å². The lowest BCUT2D eigenvalue weighted by atomic mass is 10.1. The first-order valence-electron chi connectivity index (χ1n) is 5.53. The summed E-state index contributed by atoms with van der Waals surface area (Å²) < 4.78 is 0. The van der Waals surface area contributed by atoms with E-state index in [1.807, 2.05) is 18.2 Å². The SMILES string of the molecule is C=CCCNC(=O)c1ccc2c(c1)CNC2. The van der Waals surface area contributed by atoms with E-state index in [-0.39, 0.29) is 5.91 Å². The molecule has 0 aliphatic carbocycles. The predicted molar refractivity (Wildman–Crippen MR) is 64.1 cm³/mol. The van der Waals surface area contributed by atoms with Gasteiger partial charge in [-0.25, -0.2) is 0 Å². The summed E-state index contributed by atoms with van der Waals surface area (Å²) in [5, 5.41) is 6.12. The Labute approximate surface area is 95.6 Å². The van der Waals surface area contributed by atoms with Gasteiger partial charge in [0.15, 0.2) is 0 Å². The molecule has 0 aromatic heterocycles. The summed E-state index contributed by atoms with van der Waals surface area (Å²) in [6, 6.07) is 5.88. The molecule has 0 radical (unpaired) electrons. The molecule has 0 bridgehead atoms. The predicted octanol–water partition coefficient (Wildman–Crippen LogP) is 1.60. The normalized spacial score (nSPS) is 13.2. The molecule has 0 saturated carbocycles. The Morgan fingerprint density at radius 3 is 3.06 bits per heavy atom. The highest BCUT2D eigenvalue weighted by atomic mass is 16.1. The summed E-state index contributed by atoms with van der Waals surface area (Å²) in [6.07, 6.45) is 2.60. The molecule has 1 aliphatic rings. The highest BCUT2D eigenvalue weighted by molar-refractivity contribution is 5.94. The zero-order valence-electron chi connectivity index (χ0n) is 9.25. The van der Waals surface area contributed by atoms with E-state index < -0.39 is 0 Å². The van der Waals surface area contributed by atoms with Gasteiger partial charge in [-0.05, 0) is 29.7 Å². The van der Waals surface area contributed by atoms with Crippen molar-refractivity contribution in [2.24, 2.45) is 0 Å². The summed E-state index contributed by atoms with van der Waals surface area (Å²) in [7, 11) is 0. The topological polar surface area (TPSA) is 41.1 Å². The van der Waals surface area contributed by atoms with Crippen LogP contribution in [0.25, 0.3) is 0 Å². The van der Waals surface area contributed by atoms with Gasteiger partial charge in [-0.3, -0.25) is 4.79 Å². The van der Waals surface area contributed by atoms with Crippen LogP contribution in [0.2, 0.25) is 0 Å². The Kier molecular flexibility index (Phi) is 3.37. The van der Waals surface area contributed by atoms with Crippen LogP contribution < -0.4 is 10.6 Å². The Balaban J connectivity index is 2.03. The summed E-state index contributed by atoms with van der Waals surface area (Å²) >= 11 is 0. The molecule has 84 valence electrons. The fourth-order valence-electron chi connectivity index (χ4n) is 1.83. The fraction of sp³-hybridized carbons (Fsp3) is 0.308. The van der Waals surface area contributed by atoms with Crippen molar-refractivity contribution in [3.63, 3.8) is 0 Å². The number of carbonyl (C=O) groups is 1. The third-order valence-corrected chi connectivity index (χ3v) is 2.73. The van der Waals surface area contributed by atoms with Crippen LogP contribution in [0.5, 0.6) is 0 Å². The van der Waals surface area contributed by atoms with Gasteiger partial charge in [-0.2, -0.15) is 0 Å². The van der Waals surface area contributed by atoms with Gasteiger partial charge in [0.2, 0.25) is 0 Å². The first kappa shape index (κ1) is 10.9. The van der Waals surface area contributed by atoms with E-state index in [2.05, 4.69) is 17.2 Å². The molecule has 2 N–H and O–H groups in total. The van der Waals surface area contributed by atoms with Crippen LogP contribution in [0.15, 0.2) is 30.9 Å². The second kappa shape index (κ2) is 4.94. The van der Waals surface area contributed by atoms with Crippen LogP contribution >= 0.6 is 0 Å². The molecule has 0 atom stereocenters. The molecular formula is C13H16N2O. The molecule has 3 heteroatoms. The molecule has 1 aliphatic heterocycles. The van der Waals surface area contributed by atoms with E-state index in [0.29, 0.717) is 6.54 Å². The Bertz CT molecular complexity index is 412. The molecule has 0 saturated heterocycles. The van der Waals surface area contributed by atoms with Crippen LogP contribution in [0, 0.1) is 0 Å². The van der Waals surface area contributed by atoms with Crippen molar-refractivity contribution in [2.75, 3.05) is 6.54 Å². The van der Waals surface area contributed by atoms with Crippen molar-refractivity contribution in [2.45, 2.75) is 19.5 Å². The number of hydrogen-bond acceptors (Lipinski definition) is 2. The van der Waals surface area contributed by atoms with Crippen molar-refractivity contribution in [1.82, 2.24) is 10.6 Å². The monoisotopic (exact) mass is 216 g/mol. The van der Waals surface area contributed by atoms with E-state index in [1.54, 1.807) is 6.08 Å². The molecular weight excluding hydrogens is 200 g/mol. The van der Waals surface area contributed by atoms with Gasteiger partial charge in [-0.1, -0.05) is 12.1 Å². The van der Waals surface area contributed by atoms with Gasteiger partial charge >= 0.3 is 0 Å². The fourth-order valence-corrected chi connectivity index (χ4v) is 1.83. The highest BCUT2D eigenvalue weighted by Crippen LogP contribution is 2.16. The molecule has 16 heavy (non-hydrogen) atoms.